The highest BCUT2D eigenvalue weighted by Gasteiger charge is 2.54. The summed E-state index contributed by atoms with van der Waals surface area (Å²) in [5, 5.41) is 11.5. The number of anilines is 1. The van der Waals surface area contributed by atoms with E-state index >= 15 is 0 Å². The molecule has 0 saturated heterocycles. The Labute approximate surface area is 175 Å². The van der Waals surface area contributed by atoms with Gasteiger partial charge in [-0.3, -0.25) is 4.79 Å². The number of aromatic nitrogens is 2. The molecule has 4 aliphatic carbocycles. The lowest BCUT2D eigenvalue weighted by Crippen LogP contribution is -2.51. The van der Waals surface area contributed by atoms with Crippen LogP contribution in [0.2, 0.25) is 0 Å². The first-order valence-corrected chi connectivity index (χ1v) is 11.0. The molecular formula is C25H25N3O2. The molecule has 152 valence electrons. The predicted octanol–water partition coefficient (Wildman–Crippen LogP) is 5.56. The number of rotatable bonds is 4. The largest absolute Gasteiger partial charge is 0.416 e. The van der Waals surface area contributed by atoms with Gasteiger partial charge in [-0.25, -0.2) is 0 Å². The van der Waals surface area contributed by atoms with Gasteiger partial charge in [-0.2, -0.15) is 0 Å². The van der Waals surface area contributed by atoms with E-state index in [1.807, 2.05) is 54.6 Å². The Hall–Kier alpha value is -2.95. The summed E-state index contributed by atoms with van der Waals surface area (Å²) in [4.78, 5) is 13.2. The molecular weight excluding hydrogens is 374 g/mol. The number of carbonyl (C=O) groups excluding carboxylic acids is 1. The minimum atomic E-state index is -0.134. The second-order valence-corrected chi connectivity index (χ2v) is 9.51. The first-order chi connectivity index (χ1) is 14.7. The molecule has 4 fully saturated rings. The van der Waals surface area contributed by atoms with Gasteiger partial charge in [0.05, 0.1) is 5.41 Å². The molecule has 1 aromatic heterocycles. The number of nitrogens with one attached hydrogen (secondary N) is 1. The molecule has 4 bridgehead atoms. The molecule has 0 unspecified atom stereocenters. The summed E-state index contributed by atoms with van der Waals surface area (Å²) < 4.78 is 5.83. The number of hydrogen-bond acceptors (Lipinski definition) is 4. The highest BCUT2D eigenvalue weighted by atomic mass is 16.4. The predicted molar refractivity (Wildman–Crippen MR) is 114 cm³/mol. The maximum atomic E-state index is 13.2. The molecule has 5 nitrogen and oxygen atoms in total. The van der Waals surface area contributed by atoms with Gasteiger partial charge in [0, 0.05) is 16.8 Å². The molecule has 3 aromatic rings. The SMILES string of the molecule is O=C(Nc1ccc(-c2nnc(-c3ccccc3)o2)cc1)C12CC3CC(CC(C3)C1)C2. The van der Waals surface area contributed by atoms with E-state index in [1.54, 1.807) is 0 Å². The van der Waals surface area contributed by atoms with Gasteiger partial charge in [-0.1, -0.05) is 18.2 Å². The molecule has 2 aromatic carbocycles. The van der Waals surface area contributed by atoms with Crippen LogP contribution in [-0.4, -0.2) is 16.1 Å². The summed E-state index contributed by atoms with van der Waals surface area (Å²) in [5.41, 5.74) is 2.44. The van der Waals surface area contributed by atoms with Crippen LogP contribution < -0.4 is 5.32 Å². The Balaban J connectivity index is 1.17. The van der Waals surface area contributed by atoms with E-state index in [2.05, 4.69) is 15.5 Å². The number of benzene rings is 2. The van der Waals surface area contributed by atoms with E-state index in [4.69, 9.17) is 4.42 Å². The van der Waals surface area contributed by atoms with Crippen LogP contribution in [-0.2, 0) is 4.79 Å². The average molecular weight is 399 g/mol. The zero-order chi connectivity index (χ0) is 20.1. The van der Waals surface area contributed by atoms with E-state index in [-0.39, 0.29) is 11.3 Å². The van der Waals surface area contributed by atoms with Crippen molar-refractivity contribution in [2.45, 2.75) is 38.5 Å². The van der Waals surface area contributed by atoms with Crippen molar-refractivity contribution < 1.29 is 9.21 Å². The van der Waals surface area contributed by atoms with Crippen molar-refractivity contribution in [2.24, 2.45) is 23.2 Å². The van der Waals surface area contributed by atoms with Crippen LogP contribution in [0.5, 0.6) is 0 Å². The fourth-order valence-corrected chi connectivity index (χ4v) is 6.39. The van der Waals surface area contributed by atoms with Crippen molar-refractivity contribution in [2.75, 3.05) is 5.32 Å². The van der Waals surface area contributed by atoms with E-state index < -0.39 is 0 Å². The smallest absolute Gasteiger partial charge is 0.248 e. The molecule has 4 saturated carbocycles. The van der Waals surface area contributed by atoms with E-state index in [0.29, 0.717) is 11.8 Å². The lowest BCUT2D eigenvalue weighted by Gasteiger charge is -2.55. The lowest BCUT2D eigenvalue weighted by molar-refractivity contribution is -0.140. The Bertz CT molecular complexity index is 1040. The van der Waals surface area contributed by atoms with Crippen molar-refractivity contribution in [3.63, 3.8) is 0 Å². The standard InChI is InChI=1S/C25H25N3O2/c29-24(25-13-16-10-17(14-25)12-18(11-16)15-25)26-21-8-6-20(7-9-21)23-28-27-22(30-23)19-4-2-1-3-5-19/h1-9,16-18H,10-15H2,(H,26,29). The van der Waals surface area contributed by atoms with Gasteiger partial charge in [0.2, 0.25) is 17.7 Å². The lowest BCUT2D eigenvalue weighted by atomic mass is 9.49. The van der Waals surface area contributed by atoms with Crippen LogP contribution in [0.3, 0.4) is 0 Å². The van der Waals surface area contributed by atoms with E-state index in [1.165, 1.54) is 19.3 Å². The summed E-state index contributed by atoms with van der Waals surface area (Å²) >= 11 is 0. The molecule has 1 N–H and O–H groups in total. The highest BCUT2D eigenvalue weighted by molar-refractivity contribution is 5.95. The molecule has 30 heavy (non-hydrogen) atoms. The van der Waals surface area contributed by atoms with Gasteiger partial charge in [0.15, 0.2) is 0 Å². The highest BCUT2D eigenvalue weighted by Crippen LogP contribution is 2.60. The van der Waals surface area contributed by atoms with Gasteiger partial charge in [0.1, 0.15) is 0 Å². The fourth-order valence-electron chi connectivity index (χ4n) is 6.39. The van der Waals surface area contributed by atoms with Gasteiger partial charge >= 0.3 is 0 Å². The molecule has 0 radical (unpaired) electrons. The summed E-state index contributed by atoms with van der Waals surface area (Å²) in [6, 6.07) is 17.5. The molecule has 4 aliphatic rings. The maximum absolute atomic E-state index is 13.2. The third-order valence-electron chi connectivity index (χ3n) is 7.36. The molecule has 7 rings (SSSR count). The topological polar surface area (TPSA) is 68.0 Å². The fraction of sp³-hybridized carbons (Fsp3) is 0.400. The number of hydrogen-bond donors (Lipinski definition) is 1. The van der Waals surface area contributed by atoms with Crippen molar-refractivity contribution >= 4 is 11.6 Å². The van der Waals surface area contributed by atoms with Gasteiger partial charge < -0.3 is 9.73 Å². The first kappa shape index (κ1) is 17.9. The van der Waals surface area contributed by atoms with Crippen LogP contribution in [0.4, 0.5) is 5.69 Å². The Kier molecular flexibility index (Phi) is 4.05. The quantitative estimate of drug-likeness (QED) is 0.624. The summed E-state index contributed by atoms with van der Waals surface area (Å²) in [6.45, 7) is 0. The van der Waals surface area contributed by atoms with Crippen LogP contribution in [0.25, 0.3) is 22.9 Å². The molecule has 1 heterocycles. The summed E-state index contributed by atoms with van der Waals surface area (Å²) in [5.74, 6) is 3.50. The van der Waals surface area contributed by atoms with Crippen molar-refractivity contribution in [1.82, 2.24) is 10.2 Å². The molecule has 5 heteroatoms. The van der Waals surface area contributed by atoms with Crippen LogP contribution in [0, 0.1) is 23.2 Å². The van der Waals surface area contributed by atoms with Gasteiger partial charge in [-0.15, -0.1) is 10.2 Å². The maximum Gasteiger partial charge on any atom is 0.248 e. The van der Waals surface area contributed by atoms with Crippen LogP contribution >= 0.6 is 0 Å². The Morgan fingerprint density at radius 2 is 1.33 bits per heavy atom. The summed E-state index contributed by atoms with van der Waals surface area (Å²) in [7, 11) is 0. The third kappa shape index (κ3) is 3.04. The van der Waals surface area contributed by atoms with Gasteiger partial charge in [0.25, 0.3) is 0 Å². The Morgan fingerprint density at radius 3 is 1.90 bits per heavy atom. The van der Waals surface area contributed by atoms with Crippen molar-refractivity contribution in [1.29, 1.82) is 0 Å². The van der Waals surface area contributed by atoms with E-state index in [9.17, 15) is 4.79 Å². The normalized spacial score (nSPS) is 29.1. The zero-order valence-electron chi connectivity index (χ0n) is 16.9. The minimum absolute atomic E-state index is 0.134. The molecule has 0 aliphatic heterocycles. The second kappa shape index (κ2) is 6.79. The molecule has 1 amide bonds. The third-order valence-corrected chi connectivity index (χ3v) is 7.36. The monoisotopic (exact) mass is 399 g/mol. The first-order valence-electron chi connectivity index (χ1n) is 11.0. The van der Waals surface area contributed by atoms with Crippen molar-refractivity contribution in [3.05, 3.63) is 54.6 Å². The van der Waals surface area contributed by atoms with Crippen LogP contribution in [0.1, 0.15) is 38.5 Å². The molecule has 0 spiro atoms. The zero-order valence-corrected chi connectivity index (χ0v) is 16.9. The molecule has 0 atom stereocenters. The number of nitrogens with zero attached hydrogens (tertiary/aromatic N) is 2. The minimum Gasteiger partial charge on any atom is -0.416 e. The number of amides is 1. The second-order valence-electron chi connectivity index (χ2n) is 9.51. The average Bonchev–Trinajstić information content (AvgIpc) is 3.24. The Morgan fingerprint density at radius 1 is 0.800 bits per heavy atom. The van der Waals surface area contributed by atoms with E-state index in [0.717, 1.165) is 53.8 Å². The number of carbonyl (C=O) groups is 1. The van der Waals surface area contributed by atoms with Crippen molar-refractivity contribution in [3.8, 4) is 22.9 Å². The van der Waals surface area contributed by atoms with Gasteiger partial charge in [-0.05, 0) is 92.7 Å². The van der Waals surface area contributed by atoms with Crippen LogP contribution in [0.15, 0.2) is 59.0 Å². The summed E-state index contributed by atoms with van der Waals surface area (Å²) in [6.07, 6.45) is 7.26.